The number of rotatable bonds is 6. The van der Waals surface area contributed by atoms with Gasteiger partial charge in [0, 0.05) is 19.3 Å². The van der Waals surface area contributed by atoms with Crippen molar-refractivity contribution in [2.45, 2.75) is 39.8 Å². The summed E-state index contributed by atoms with van der Waals surface area (Å²) in [6.45, 7) is 8.45. The van der Waals surface area contributed by atoms with Gasteiger partial charge in [-0.2, -0.15) is 0 Å². The maximum Gasteiger partial charge on any atom is 0.241 e. The third kappa shape index (κ3) is 4.65. The SMILES string of the molecule is COC(C)CNC(C)C(=O)Nc1c(C)cccc1C. The first-order valence-corrected chi connectivity index (χ1v) is 6.59. The van der Waals surface area contributed by atoms with Crippen LogP contribution in [0.1, 0.15) is 25.0 Å². The Morgan fingerprint density at radius 2 is 1.84 bits per heavy atom. The minimum absolute atomic E-state index is 0.0271. The fourth-order valence-corrected chi connectivity index (χ4v) is 1.76. The molecule has 0 saturated carbocycles. The van der Waals surface area contributed by atoms with Gasteiger partial charge in [-0.25, -0.2) is 0 Å². The summed E-state index contributed by atoms with van der Waals surface area (Å²) in [5.74, 6) is -0.0271. The molecule has 0 aliphatic rings. The molecule has 1 aromatic rings. The van der Waals surface area contributed by atoms with Crippen LogP contribution in [-0.4, -0.2) is 31.7 Å². The first-order chi connectivity index (χ1) is 8.95. The second-order valence-corrected chi connectivity index (χ2v) is 4.93. The summed E-state index contributed by atoms with van der Waals surface area (Å²) >= 11 is 0. The molecule has 4 nitrogen and oxygen atoms in total. The van der Waals surface area contributed by atoms with E-state index < -0.39 is 0 Å². The van der Waals surface area contributed by atoms with Crippen LogP contribution in [0.5, 0.6) is 0 Å². The Hall–Kier alpha value is -1.39. The fourth-order valence-electron chi connectivity index (χ4n) is 1.76. The van der Waals surface area contributed by atoms with Gasteiger partial charge in [-0.1, -0.05) is 18.2 Å². The number of ether oxygens (including phenoxy) is 1. The second-order valence-electron chi connectivity index (χ2n) is 4.93. The average molecular weight is 264 g/mol. The standard InChI is InChI=1S/C15H24N2O2/c1-10-7-6-8-11(2)14(10)17-15(18)13(4)16-9-12(3)19-5/h6-8,12-13,16H,9H2,1-5H3,(H,17,18). The van der Waals surface area contributed by atoms with Crippen molar-refractivity contribution in [3.05, 3.63) is 29.3 Å². The molecule has 1 amide bonds. The van der Waals surface area contributed by atoms with Crippen LogP contribution in [0.25, 0.3) is 0 Å². The van der Waals surface area contributed by atoms with Crippen molar-refractivity contribution in [2.24, 2.45) is 0 Å². The molecule has 0 aliphatic heterocycles. The molecule has 0 bridgehead atoms. The number of hydrogen-bond acceptors (Lipinski definition) is 3. The van der Waals surface area contributed by atoms with Crippen LogP contribution in [0, 0.1) is 13.8 Å². The lowest BCUT2D eigenvalue weighted by atomic mass is 10.1. The summed E-state index contributed by atoms with van der Waals surface area (Å²) in [6, 6.07) is 5.72. The lowest BCUT2D eigenvalue weighted by Crippen LogP contribution is -2.41. The molecule has 0 heterocycles. The highest BCUT2D eigenvalue weighted by Gasteiger charge is 2.15. The maximum atomic E-state index is 12.1. The van der Waals surface area contributed by atoms with E-state index in [4.69, 9.17) is 4.74 Å². The maximum absolute atomic E-state index is 12.1. The van der Waals surface area contributed by atoms with Gasteiger partial charge in [0.25, 0.3) is 0 Å². The summed E-state index contributed by atoms with van der Waals surface area (Å²) in [7, 11) is 1.66. The van der Waals surface area contributed by atoms with Gasteiger partial charge in [0.1, 0.15) is 0 Å². The first kappa shape index (κ1) is 15.7. The third-order valence-corrected chi connectivity index (χ3v) is 3.24. The normalized spacial score (nSPS) is 13.9. The lowest BCUT2D eigenvalue weighted by Gasteiger charge is -2.18. The van der Waals surface area contributed by atoms with Gasteiger partial charge in [0.15, 0.2) is 0 Å². The van der Waals surface area contributed by atoms with Crippen LogP contribution in [0.15, 0.2) is 18.2 Å². The third-order valence-electron chi connectivity index (χ3n) is 3.24. The highest BCUT2D eigenvalue weighted by Crippen LogP contribution is 2.19. The summed E-state index contributed by atoms with van der Waals surface area (Å²) in [5, 5.41) is 6.13. The zero-order valence-corrected chi connectivity index (χ0v) is 12.4. The zero-order valence-electron chi connectivity index (χ0n) is 12.4. The molecule has 0 spiro atoms. The van der Waals surface area contributed by atoms with E-state index in [2.05, 4.69) is 10.6 Å². The molecule has 2 atom stereocenters. The highest BCUT2D eigenvalue weighted by molar-refractivity contribution is 5.95. The summed E-state index contributed by atoms with van der Waals surface area (Å²) < 4.78 is 5.14. The van der Waals surface area contributed by atoms with Crippen molar-refractivity contribution in [3.8, 4) is 0 Å². The molecule has 0 aromatic heterocycles. The number of anilines is 1. The van der Waals surface area contributed by atoms with Gasteiger partial charge in [0.2, 0.25) is 5.91 Å². The Labute approximate surface area is 115 Å². The van der Waals surface area contributed by atoms with Gasteiger partial charge in [-0.3, -0.25) is 4.79 Å². The molecule has 0 radical (unpaired) electrons. The molecule has 4 heteroatoms. The summed E-state index contributed by atoms with van der Waals surface area (Å²) in [5.41, 5.74) is 3.05. The predicted octanol–water partition coefficient (Wildman–Crippen LogP) is 2.25. The Bertz CT molecular complexity index is 412. The van der Waals surface area contributed by atoms with E-state index in [1.54, 1.807) is 7.11 Å². The van der Waals surface area contributed by atoms with E-state index in [1.807, 2.05) is 45.9 Å². The van der Waals surface area contributed by atoms with Gasteiger partial charge >= 0.3 is 0 Å². The highest BCUT2D eigenvalue weighted by atomic mass is 16.5. The molecule has 0 fully saturated rings. The fraction of sp³-hybridized carbons (Fsp3) is 0.533. The topological polar surface area (TPSA) is 50.4 Å². The Kier molecular flexibility index (Phi) is 5.99. The van der Waals surface area contributed by atoms with Gasteiger partial charge in [-0.15, -0.1) is 0 Å². The smallest absolute Gasteiger partial charge is 0.241 e. The van der Waals surface area contributed by atoms with Crippen molar-refractivity contribution in [2.75, 3.05) is 19.0 Å². The van der Waals surface area contributed by atoms with Crippen LogP contribution < -0.4 is 10.6 Å². The molecule has 0 saturated heterocycles. The number of carbonyl (C=O) groups excluding carboxylic acids is 1. The number of carbonyl (C=O) groups is 1. The van der Waals surface area contributed by atoms with E-state index in [9.17, 15) is 4.79 Å². The monoisotopic (exact) mass is 264 g/mol. The van der Waals surface area contributed by atoms with E-state index in [0.29, 0.717) is 6.54 Å². The zero-order chi connectivity index (χ0) is 14.4. The van der Waals surface area contributed by atoms with E-state index in [1.165, 1.54) is 0 Å². The van der Waals surface area contributed by atoms with Crippen molar-refractivity contribution in [1.82, 2.24) is 5.32 Å². The molecule has 2 N–H and O–H groups in total. The molecular weight excluding hydrogens is 240 g/mol. The number of nitrogens with one attached hydrogen (secondary N) is 2. The van der Waals surface area contributed by atoms with Crippen molar-refractivity contribution >= 4 is 11.6 Å². The van der Waals surface area contributed by atoms with Crippen molar-refractivity contribution in [1.29, 1.82) is 0 Å². The van der Waals surface area contributed by atoms with Crippen LogP contribution in [0.4, 0.5) is 5.69 Å². The van der Waals surface area contributed by atoms with Crippen molar-refractivity contribution < 1.29 is 9.53 Å². The van der Waals surface area contributed by atoms with Crippen LogP contribution >= 0.6 is 0 Å². The molecular formula is C15H24N2O2. The number of amides is 1. The Balaban J connectivity index is 2.59. The summed E-state index contributed by atoms with van der Waals surface area (Å²) in [4.78, 5) is 12.1. The van der Waals surface area contributed by atoms with E-state index >= 15 is 0 Å². The number of benzene rings is 1. The lowest BCUT2D eigenvalue weighted by molar-refractivity contribution is -0.117. The van der Waals surface area contributed by atoms with E-state index in [0.717, 1.165) is 16.8 Å². The quantitative estimate of drug-likeness (QED) is 0.828. The van der Waals surface area contributed by atoms with Gasteiger partial charge in [0.05, 0.1) is 12.1 Å². The number of para-hydroxylation sites is 1. The predicted molar refractivity (Wildman–Crippen MR) is 78.5 cm³/mol. The minimum Gasteiger partial charge on any atom is -0.380 e. The summed E-state index contributed by atoms with van der Waals surface area (Å²) in [6.07, 6.45) is 0.0930. The van der Waals surface area contributed by atoms with Gasteiger partial charge < -0.3 is 15.4 Å². The number of aryl methyl sites for hydroxylation is 2. The molecule has 1 aromatic carbocycles. The number of methoxy groups -OCH3 is 1. The Morgan fingerprint density at radius 3 is 2.37 bits per heavy atom. The van der Waals surface area contributed by atoms with Crippen molar-refractivity contribution in [3.63, 3.8) is 0 Å². The average Bonchev–Trinajstić information content (AvgIpc) is 2.39. The molecule has 19 heavy (non-hydrogen) atoms. The Morgan fingerprint density at radius 1 is 1.26 bits per heavy atom. The minimum atomic E-state index is -0.253. The van der Waals surface area contributed by atoms with Crippen LogP contribution in [-0.2, 0) is 9.53 Å². The molecule has 2 unspecified atom stereocenters. The molecule has 1 rings (SSSR count). The number of hydrogen-bond donors (Lipinski definition) is 2. The first-order valence-electron chi connectivity index (χ1n) is 6.59. The molecule has 106 valence electrons. The van der Waals surface area contributed by atoms with E-state index in [-0.39, 0.29) is 18.1 Å². The largest absolute Gasteiger partial charge is 0.380 e. The second kappa shape index (κ2) is 7.26. The molecule has 0 aliphatic carbocycles. The van der Waals surface area contributed by atoms with Gasteiger partial charge in [-0.05, 0) is 38.8 Å². The van der Waals surface area contributed by atoms with Crippen LogP contribution in [0.3, 0.4) is 0 Å². The van der Waals surface area contributed by atoms with Crippen LogP contribution in [0.2, 0.25) is 0 Å².